The zero-order chi connectivity index (χ0) is 9.90. The molecule has 76 valence electrons. The van der Waals surface area contributed by atoms with Crippen molar-refractivity contribution in [1.82, 2.24) is 0 Å². The summed E-state index contributed by atoms with van der Waals surface area (Å²) in [6, 6.07) is 0. The molecule has 13 heavy (non-hydrogen) atoms. The number of thioether (sulfide) groups is 1. The Hall–Kier alpha value is 0.170. The smallest absolute Gasteiger partial charge is 0.161 e. The SMILES string of the molecule is CCCCC(=O)[C@]1(C)SCCS1=O. The van der Waals surface area contributed by atoms with Gasteiger partial charge in [0.25, 0.3) is 0 Å². The van der Waals surface area contributed by atoms with Crippen molar-refractivity contribution in [3.05, 3.63) is 0 Å². The first-order chi connectivity index (χ1) is 6.11. The minimum Gasteiger partial charge on any atom is -0.297 e. The number of hydrogen-bond donors (Lipinski definition) is 0. The Bertz CT molecular complexity index is 228. The second-order valence-corrected chi connectivity index (χ2v) is 7.06. The van der Waals surface area contributed by atoms with E-state index in [1.54, 1.807) is 11.8 Å². The predicted octanol–water partition coefficient (Wildman–Crippen LogP) is 1.96. The molecule has 1 rings (SSSR count). The topological polar surface area (TPSA) is 34.1 Å². The van der Waals surface area contributed by atoms with Crippen LogP contribution in [-0.4, -0.2) is 25.6 Å². The van der Waals surface area contributed by atoms with E-state index >= 15 is 0 Å². The van der Waals surface area contributed by atoms with E-state index in [9.17, 15) is 9.00 Å². The summed E-state index contributed by atoms with van der Waals surface area (Å²) in [4.78, 5) is 11.7. The maximum Gasteiger partial charge on any atom is 0.161 e. The Labute approximate surface area is 86.3 Å². The van der Waals surface area contributed by atoms with Crippen molar-refractivity contribution in [3.8, 4) is 0 Å². The Morgan fingerprint density at radius 2 is 2.31 bits per heavy atom. The molecule has 0 aromatic rings. The number of unbranched alkanes of at least 4 members (excludes halogenated alkanes) is 1. The molecule has 2 nitrogen and oxygen atoms in total. The van der Waals surface area contributed by atoms with Gasteiger partial charge in [-0.25, -0.2) is 0 Å². The first-order valence-electron chi connectivity index (χ1n) is 4.67. The van der Waals surface area contributed by atoms with Crippen molar-refractivity contribution >= 4 is 28.3 Å². The van der Waals surface area contributed by atoms with Gasteiger partial charge in [0.2, 0.25) is 0 Å². The van der Waals surface area contributed by atoms with Gasteiger partial charge >= 0.3 is 0 Å². The van der Waals surface area contributed by atoms with Crippen LogP contribution in [0.15, 0.2) is 0 Å². The molecule has 1 aliphatic heterocycles. The summed E-state index contributed by atoms with van der Waals surface area (Å²) in [5.41, 5.74) is 0. The molecule has 1 unspecified atom stereocenters. The van der Waals surface area contributed by atoms with Gasteiger partial charge in [0.15, 0.2) is 5.78 Å². The highest BCUT2D eigenvalue weighted by molar-refractivity contribution is 8.16. The molecule has 0 spiro atoms. The van der Waals surface area contributed by atoms with Gasteiger partial charge in [0.1, 0.15) is 4.08 Å². The number of rotatable bonds is 4. The lowest BCUT2D eigenvalue weighted by Crippen LogP contribution is -2.33. The lowest BCUT2D eigenvalue weighted by molar-refractivity contribution is -0.119. The first kappa shape index (κ1) is 11.2. The van der Waals surface area contributed by atoms with Crippen LogP contribution in [0.2, 0.25) is 0 Å². The van der Waals surface area contributed by atoms with Gasteiger partial charge in [0.05, 0.1) is 0 Å². The van der Waals surface area contributed by atoms with Crippen LogP contribution in [0.3, 0.4) is 0 Å². The number of carbonyl (C=O) groups is 1. The third-order valence-electron chi connectivity index (χ3n) is 2.34. The minimum atomic E-state index is -0.946. The maximum atomic E-state index is 11.7. The molecule has 1 aliphatic rings. The van der Waals surface area contributed by atoms with Gasteiger partial charge in [-0.2, -0.15) is 0 Å². The average molecular weight is 220 g/mol. The Kier molecular flexibility index (Phi) is 3.98. The highest BCUT2D eigenvalue weighted by atomic mass is 32.2. The van der Waals surface area contributed by atoms with E-state index in [1.807, 2.05) is 6.92 Å². The second kappa shape index (κ2) is 4.60. The van der Waals surface area contributed by atoms with E-state index in [0.717, 1.165) is 18.6 Å². The highest BCUT2D eigenvalue weighted by Crippen LogP contribution is 2.37. The predicted molar refractivity (Wildman–Crippen MR) is 58.4 cm³/mol. The van der Waals surface area contributed by atoms with Gasteiger partial charge < -0.3 is 0 Å². The molecular formula is C9H16O2S2. The van der Waals surface area contributed by atoms with Crippen molar-refractivity contribution in [1.29, 1.82) is 0 Å². The van der Waals surface area contributed by atoms with E-state index in [2.05, 4.69) is 6.92 Å². The second-order valence-electron chi connectivity index (χ2n) is 3.37. The highest BCUT2D eigenvalue weighted by Gasteiger charge is 2.43. The lowest BCUT2D eigenvalue weighted by atomic mass is 10.1. The summed E-state index contributed by atoms with van der Waals surface area (Å²) in [5, 5.41) is 0. The lowest BCUT2D eigenvalue weighted by Gasteiger charge is -2.19. The van der Waals surface area contributed by atoms with Crippen molar-refractivity contribution in [2.75, 3.05) is 11.5 Å². The number of hydrogen-bond acceptors (Lipinski definition) is 3. The molecule has 1 heterocycles. The van der Waals surface area contributed by atoms with Crippen LogP contribution in [0.25, 0.3) is 0 Å². The van der Waals surface area contributed by atoms with Gasteiger partial charge in [-0.05, 0) is 13.3 Å². The van der Waals surface area contributed by atoms with Gasteiger partial charge in [0, 0.05) is 28.7 Å². The molecular weight excluding hydrogens is 204 g/mol. The van der Waals surface area contributed by atoms with Crippen LogP contribution in [0.5, 0.6) is 0 Å². The number of carbonyl (C=O) groups excluding carboxylic acids is 1. The molecule has 0 amide bonds. The summed E-state index contributed by atoms with van der Waals surface area (Å²) in [6.45, 7) is 3.90. The number of ketones is 1. The van der Waals surface area contributed by atoms with Crippen LogP contribution in [0.1, 0.15) is 33.1 Å². The van der Waals surface area contributed by atoms with E-state index in [1.165, 1.54) is 0 Å². The van der Waals surface area contributed by atoms with Crippen LogP contribution < -0.4 is 0 Å². The fourth-order valence-corrected chi connectivity index (χ4v) is 4.71. The minimum absolute atomic E-state index is 0.176. The molecule has 0 N–H and O–H groups in total. The van der Waals surface area contributed by atoms with Crippen molar-refractivity contribution < 1.29 is 9.00 Å². The molecule has 2 atom stereocenters. The number of Topliss-reactive ketones (excluding diaryl/α,β-unsaturated/α-hetero) is 1. The van der Waals surface area contributed by atoms with E-state index < -0.39 is 14.9 Å². The molecule has 0 radical (unpaired) electrons. The van der Waals surface area contributed by atoms with Crippen LogP contribution in [0.4, 0.5) is 0 Å². The Balaban J connectivity index is 2.58. The summed E-state index contributed by atoms with van der Waals surface area (Å²) in [6.07, 6.45) is 2.54. The van der Waals surface area contributed by atoms with Crippen molar-refractivity contribution in [2.45, 2.75) is 37.2 Å². The van der Waals surface area contributed by atoms with Gasteiger partial charge in [-0.1, -0.05) is 13.3 Å². The third kappa shape index (κ3) is 2.34. The average Bonchev–Trinajstić information content (AvgIpc) is 2.44. The maximum absolute atomic E-state index is 11.7. The van der Waals surface area contributed by atoms with E-state index in [-0.39, 0.29) is 5.78 Å². The Morgan fingerprint density at radius 1 is 1.62 bits per heavy atom. The van der Waals surface area contributed by atoms with Crippen LogP contribution in [-0.2, 0) is 15.6 Å². The fraction of sp³-hybridized carbons (Fsp3) is 0.889. The van der Waals surface area contributed by atoms with Gasteiger partial charge in [-0.15, -0.1) is 11.8 Å². The monoisotopic (exact) mass is 220 g/mol. The first-order valence-corrected chi connectivity index (χ1v) is 6.97. The van der Waals surface area contributed by atoms with E-state index in [0.29, 0.717) is 12.2 Å². The molecule has 0 bridgehead atoms. The molecule has 4 heteroatoms. The largest absolute Gasteiger partial charge is 0.297 e. The third-order valence-corrected chi connectivity index (χ3v) is 6.37. The van der Waals surface area contributed by atoms with Crippen LogP contribution >= 0.6 is 11.8 Å². The summed E-state index contributed by atoms with van der Waals surface area (Å²) >= 11 is 1.56. The van der Waals surface area contributed by atoms with Crippen molar-refractivity contribution in [2.24, 2.45) is 0 Å². The van der Waals surface area contributed by atoms with Gasteiger partial charge in [-0.3, -0.25) is 9.00 Å². The van der Waals surface area contributed by atoms with E-state index in [4.69, 9.17) is 0 Å². The standard InChI is InChI=1S/C9H16O2S2/c1-3-4-5-8(10)9(2)12-6-7-13(9)11/h3-7H2,1-2H3/t9-,13?/m1/s1. The normalized spacial score (nSPS) is 33.5. The molecule has 0 saturated carbocycles. The summed E-state index contributed by atoms with van der Waals surface area (Å²) < 4.78 is 11.0. The quantitative estimate of drug-likeness (QED) is 0.726. The zero-order valence-electron chi connectivity index (χ0n) is 8.17. The zero-order valence-corrected chi connectivity index (χ0v) is 9.80. The Morgan fingerprint density at radius 3 is 2.77 bits per heavy atom. The molecule has 1 fully saturated rings. The fourth-order valence-electron chi connectivity index (χ4n) is 1.34. The van der Waals surface area contributed by atoms with Crippen LogP contribution in [0, 0.1) is 0 Å². The summed E-state index contributed by atoms with van der Waals surface area (Å²) in [7, 11) is -0.946. The molecule has 0 aromatic carbocycles. The summed E-state index contributed by atoms with van der Waals surface area (Å²) in [5.74, 6) is 1.72. The molecule has 0 aliphatic carbocycles. The molecule has 1 saturated heterocycles. The van der Waals surface area contributed by atoms with Crippen molar-refractivity contribution in [3.63, 3.8) is 0 Å². The molecule has 0 aromatic heterocycles.